The average Bonchev–Trinajstić information content (AvgIpc) is 2.56. The zero-order valence-electron chi connectivity index (χ0n) is 11.2. The third-order valence-electron chi connectivity index (χ3n) is 3.63. The summed E-state index contributed by atoms with van der Waals surface area (Å²) >= 11 is 2.36. The zero-order valence-corrected chi connectivity index (χ0v) is 13.3. The van der Waals surface area contributed by atoms with E-state index in [0.29, 0.717) is 13.2 Å². The molecule has 1 saturated heterocycles. The summed E-state index contributed by atoms with van der Waals surface area (Å²) in [7, 11) is 0. The van der Waals surface area contributed by atoms with E-state index in [4.69, 9.17) is 9.47 Å². The molecule has 3 rings (SSSR count). The highest BCUT2D eigenvalue weighted by atomic mass is 127. The number of rotatable bonds is 3. The number of ether oxygens (including phenoxy) is 2. The smallest absolute Gasteiger partial charge is 0.142 e. The summed E-state index contributed by atoms with van der Waals surface area (Å²) in [4.78, 5) is 0. The largest absolute Gasteiger partial charge is 0.375 e. The minimum absolute atomic E-state index is 0.129. The van der Waals surface area contributed by atoms with Gasteiger partial charge in [-0.1, -0.05) is 83.3 Å². The maximum absolute atomic E-state index is 6.46. The monoisotopic (exact) mass is 380 g/mol. The molecule has 0 saturated carbocycles. The standard InChI is InChI=1S/C17H17IO2/c18-11-16-12-19-13-17(20-16,14-7-3-1-4-8-14)15-9-5-2-6-10-15/h1-10,16H,11-13H2/t16-/m1/s1. The van der Waals surface area contributed by atoms with Gasteiger partial charge in [0.1, 0.15) is 5.60 Å². The first kappa shape index (κ1) is 14.0. The number of benzene rings is 2. The van der Waals surface area contributed by atoms with E-state index in [2.05, 4.69) is 71.1 Å². The number of hydrogen-bond donors (Lipinski definition) is 0. The van der Waals surface area contributed by atoms with Crippen LogP contribution in [0, 0.1) is 0 Å². The van der Waals surface area contributed by atoms with Crippen molar-refractivity contribution in [3.05, 3.63) is 71.8 Å². The fourth-order valence-corrected chi connectivity index (χ4v) is 3.08. The second-order valence-electron chi connectivity index (χ2n) is 4.97. The van der Waals surface area contributed by atoms with Crippen LogP contribution in [-0.4, -0.2) is 23.7 Å². The highest BCUT2D eigenvalue weighted by molar-refractivity contribution is 14.1. The Morgan fingerprint density at radius 1 is 0.950 bits per heavy atom. The van der Waals surface area contributed by atoms with E-state index in [0.717, 1.165) is 15.6 Å². The molecule has 1 fully saturated rings. The maximum Gasteiger partial charge on any atom is 0.142 e. The van der Waals surface area contributed by atoms with Gasteiger partial charge in [-0.2, -0.15) is 0 Å². The van der Waals surface area contributed by atoms with Crippen LogP contribution in [0.15, 0.2) is 60.7 Å². The molecule has 0 bridgehead atoms. The van der Waals surface area contributed by atoms with Gasteiger partial charge < -0.3 is 9.47 Å². The molecule has 2 nitrogen and oxygen atoms in total. The first-order valence-corrected chi connectivity index (χ1v) is 8.30. The predicted molar refractivity (Wildman–Crippen MR) is 88.2 cm³/mol. The lowest BCUT2D eigenvalue weighted by atomic mass is 9.86. The molecular formula is C17H17IO2. The van der Waals surface area contributed by atoms with Crippen LogP contribution < -0.4 is 0 Å². The van der Waals surface area contributed by atoms with Gasteiger partial charge in [0.05, 0.1) is 19.3 Å². The highest BCUT2D eigenvalue weighted by Crippen LogP contribution is 2.37. The molecule has 1 atom stereocenters. The third-order valence-corrected chi connectivity index (χ3v) is 4.61. The molecule has 0 unspecified atom stereocenters. The van der Waals surface area contributed by atoms with Crippen LogP contribution in [0.4, 0.5) is 0 Å². The Bertz CT molecular complexity index is 502. The Kier molecular flexibility index (Phi) is 4.38. The SMILES string of the molecule is IC[C@@H]1COCC(c2ccccc2)(c2ccccc2)O1. The Morgan fingerprint density at radius 3 is 2.00 bits per heavy atom. The fourth-order valence-electron chi connectivity index (χ4n) is 2.65. The van der Waals surface area contributed by atoms with Gasteiger partial charge >= 0.3 is 0 Å². The van der Waals surface area contributed by atoms with Crippen LogP contribution in [0.2, 0.25) is 0 Å². The molecule has 2 aromatic rings. The van der Waals surface area contributed by atoms with Crippen LogP contribution in [-0.2, 0) is 15.1 Å². The van der Waals surface area contributed by atoms with Gasteiger partial charge in [-0.15, -0.1) is 0 Å². The van der Waals surface area contributed by atoms with Crippen LogP contribution in [0.5, 0.6) is 0 Å². The van der Waals surface area contributed by atoms with Crippen molar-refractivity contribution >= 4 is 22.6 Å². The van der Waals surface area contributed by atoms with Gasteiger partial charge in [-0.3, -0.25) is 0 Å². The predicted octanol–water partition coefficient (Wildman–Crippen LogP) is 3.78. The van der Waals surface area contributed by atoms with Gasteiger partial charge in [0.25, 0.3) is 0 Å². The minimum atomic E-state index is -0.489. The lowest BCUT2D eigenvalue weighted by molar-refractivity contribution is -0.175. The Morgan fingerprint density at radius 2 is 1.50 bits per heavy atom. The molecular weight excluding hydrogens is 363 g/mol. The molecule has 2 aromatic carbocycles. The molecule has 0 aliphatic carbocycles. The van der Waals surface area contributed by atoms with Gasteiger partial charge in [0, 0.05) is 4.43 Å². The summed E-state index contributed by atoms with van der Waals surface area (Å²) in [6, 6.07) is 20.7. The lowest BCUT2D eigenvalue weighted by Gasteiger charge is -2.41. The molecule has 1 aliphatic rings. The summed E-state index contributed by atoms with van der Waals surface area (Å²) < 4.78 is 13.3. The van der Waals surface area contributed by atoms with Crippen molar-refractivity contribution in [3.63, 3.8) is 0 Å². The number of hydrogen-bond acceptors (Lipinski definition) is 2. The van der Waals surface area contributed by atoms with Crippen molar-refractivity contribution in [2.45, 2.75) is 11.7 Å². The molecule has 0 aromatic heterocycles. The number of alkyl halides is 1. The molecule has 0 spiro atoms. The topological polar surface area (TPSA) is 18.5 Å². The van der Waals surface area contributed by atoms with Gasteiger partial charge in [-0.25, -0.2) is 0 Å². The second-order valence-corrected chi connectivity index (χ2v) is 5.85. The van der Waals surface area contributed by atoms with E-state index < -0.39 is 5.60 Å². The van der Waals surface area contributed by atoms with E-state index >= 15 is 0 Å². The van der Waals surface area contributed by atoms with E-state index in [9.17, 15) is 0 Å². The average molecular weight is 380 g/mol. The first-order valence-electron chi connectivity index (χ1n) is 6.78. The summed E-state index contributed by atoms with van der Waals surface area (Å²) in [5.41, 5.74) is 1.82. The molecule has 1 heterocycles. The summed E-state index contributed by atoms with van der Waals surface area (Å²) in [5, 5.41) is 0. The third kappa shape index (κ3) is 2.62. The van der Waals surface area contributed by atoms with E-state index in [1.54, 1.807) is 0 Å². The highest BCUT2D eigenvalue weighted by Gasteiger charge is 2.41. The van der Waals surface area contributed by atoms with Crippen LogP contribution in [0.1, 0.15) is 11.1 Å². The summed E-state index contributed by atoms with van der Waals surface area (Å²) in [6.07, 6.45) is 0.129. The van der Waals surface area contributed by atoms with Crippen molar-refractivity contribution in [1.82, 2.24) is 0 Å². The fraction of sp³-hybridized carbons (Fsp3) is 0.294. The molecule has 0 amide bonds. The van der Waals surface area contributed by atoms with Crippen molar-refractivity contribution in [2.75, 3.05) is 17.6 Å². The first-order chi connectivity index (χ1) is 9.85. The molecule has 3 heteroatoms. The van der Waals surface area contributed by atoms with Gasteiger partial charge in [-0.05, 0) is 11.1 Å². The molecule has 0 N–H and O–H groups in total. The maximum atomic E-state index is 6.46. The lowest BCUT2D eigenvalue weighted by Crippen LogP contribution is -2.46. The van der Waals surface area contributed by atoms with Crippen LogP contribution in [0.25, 0.3) is 0 Å². The molecule has 104 valence electrons. The number of halogens is 1. The van der Waals surface area contributed by atoms with E-state index in [1.807, 2.05) is 12.1 Å². The molecule has 20 heavy (non-hydrogen) atoms. The van der Waals surface area contributed by atoms with Gasteiger partial charge in [0.15, 0.2) is 0 Å². The Balaban J connectivity index is 2.08. The van der Waals surface area contributed by atoms with Crippen molar-refractivity contribution < 1.29 is 9.47 Å². The molecule has 0 radical (unpaired) electrons. The van der Waals surface area contributed by atoms with Crippen molar-refractivity contribution in [2.24, 2.45) is 0 Å². The normalized spacial score (nSPS) is 21.6. The van der Waals surface area contributed by atoms with Crippen LogP contribution >= 0.6 is 22.6 Å². The van der Waals surface area contributed by atoms with E-state index in [1.165, 1.54) is 0 Å². The van der Waals surface area contributed by atoms with Crippen molar-refractivity contribution in [1.29, 1.82) is 0 Å². The Hall–Kier alpha value is -0.910. The second kappa shape index (κ2) is 6.24. The zero-order chi connectivity index (χ0) is 13.8. The summed E-state index contributed by atoms with van der Waals surface area (Å²) in [6.45, 7) is 1.23. The molecule has 1 aliphatic heterocycles. The van der Waals surface area contributed by atoms with Crippen molar-refractivity contribution in [3.8, 4) is 0 Å². The Labute approximate surface area is 133 Å². The minimum Gasteiger partial charge on any atom is -0.375 e. The van der Waals surface area contributed by atoms with Gasteiger partial charge in [0.2, 0.25) is 0 Å². The van der Waals surface area contributed by atoms with E-state index in [-0.39, 0.29) is 6.10 Å². The summed E-state index contributed by atoms with van der Waals surface area (Å²) in [5.74, 6) is 0. The van der Waals surface area contributed by atoms with Crippen LogP contribution in [0.3, 0.4) is 0 Å². The quantitative estimate of drug-likeness (QED) is 0.596.